The van der Waals surface area contributed by atoms with E-state index in [2.05, 4.69) is 156 Å². The van der Waals surface area contributed by atoms with Crippen LogP contribution in [-0.4, -0.2) is 0 Å². The first kappa shape index (κ1) is 27.6. The number of hydrogen-bond acceptors (Lipinski definition) is 4. The number of anilines is 3. The van der Waals surface area contributed by atoms with E-state index in [4.69, 9.17) is 8.83 Å². The monoisotopic (exact) mass is 630 g/mol. The maximum Gasteiger partial charge on any atom is 0.159 e. The maximum atomic E-state index is 6.57. The Labute approximate surface area is 283 Å². The second-order valence-corrected chi connectivity index (χ2v) is 12.5. The van der Waals surface area contributed by atoms with Crippen LogP contribution in [0.25, 0.3) is 72.0 Å². The molecule has 9 aromatic rings. The van der Waals surface area contributed by atoms with Crippen molar-refractivity contribution in [3.63, 3.8) is 0 Å². The van der Waals surface area contributed by atoms with E-state index >= 15 is 0 Å². The zero-order valence-corrected chi connectivity index (χ0v) is 26.6. The van der Waals surface area contributed by atoms with Crippen molar-refractivity contribution < 1.29 is 8.83 Å². The summed E-state index contributed by atoms with van der Waals surface area (Å²) in [6, 6.07) is 53.8. The summed E-state index contributed by atoms with van der Waals surface area (Å²) in [5.41, 5.74) is 11.5. The fraction of sp³-hybridized carbons (Fsp3) is 0.0222. The Balaban J connectivity index is 1.11. The molecule has 0 spiro atoms. The zero-order chi connectivity index (χ0) is 32.3. The van der Waals surface area contributed by atoms with Crippen LogP contribution in [-0.2, 0) is 6.54 Å². The van der Waals surface area contributed by atoms with E-state index in [0.717, 1.165) is 72.4 Å². The van der Waals surface area contributed by atoms with Crippen molar-refractivity contribution in [2.24, 2.45) is 0 Å². The first-order valence-corrected chi connectivity index (χ1v) is 16.6. The number of para-hydroxylation sites is 3. The summed E-state index contributed by atoms with van der Waals surface area (Å²) in [7, 11) is 0. The lowest BCUT2D eigenvalue weighted by atomic mass is 9.98. The summed E-state index contributed by atoms with van der Waals surface area (Å²) in [5.74, 6) is 0.971. The molecule has 232 valence electrons. The third-order valence-electron chi connectivity index (χ3n) is 9.75. The Hall–Kier alpha value is -6.52. The van der Waals surface area contributed by atoms with Gasteiger partial charge in [-0.3, -0.25) is 0 Å². The van der Waals surface area contributed by atoms with Crippen LogP contribution < -0.4 is 10.2 Å². The summed E-state index contributed by atoms with van der Waals surface area (Å²) in [5, 5.41) is 9.10. The van der Waals surface area contributed by atoms with Crippen molar-refractivity contribution in [1.82, 2.24) is 5.32 Å². The maximum absolute atomic E-state index is 6.57. The van der Waals surface area contributed by atoms with Crippen molar-refractivity contribution in [3.05, 3.63) is 169 Å². The minimum Gasteiger partial charge on any atom is -0.458 e. The SMILES string of the molecule is C1=Cc2c(oc3c(-c4ccc(N(c5ccc(-c6cccc7ccccc67)cc5)c5cccc6c5oc5ccccc56)cc4)cccc23)CN1. The van der Waals surface area contributed by atoms with Crippen molar-refractivity contribution >= 4 is 66.8 Å². The van der Waals surface area contributed by atoms with Gasteiger partial charge in [0.15, 0.2) is 5.58 Å². The van der Waals surface area contributed by atoms with Gasteiger partial charge in [-0.15, -0.1) is 0 Å². The predicted octanol–water partition coefficient (Wildman–Crippen LogP) is 12.4. The van der Waals surface area contributed by atoms with Gasteiger partial charge in [-0.25, -0.2) is 0 Å². The van der Waals surface area contributed by atoms with Crippen LogP contribution in [0.1, 0.15) is 11.3 Å². The minimum atomic E-state index is 0.695. The van der Waals surface area contributed by atoms with Gasteiger partial charge in [-0.2, -0.15) is 0 Å². The lowest BCUT2D eigenvalue weighted by Crippen LogP contribution is -2.10. The van der Waals surface area contributed by atoms with Crippen LogP contribution >= 0.6 is 0 Å². The van der Waals surface area contributed by atoms with Gasteiger partial charge in [0.2, 0.25) is 0 Å². The van der Waals surface area contributed by atoms with Crippen molar-refractivity contribution in [3.8, 4) is 22.3 Å². The molecule has 0 radical (unpaired) electrons. The number of nitrogens with zero attached hydrogens (tertiary/aromatic N) is 1. The quantitative estimate of drug-likeness (QED) is 0.205. The van der Waals surface area contributed by atoms with Gasteiger partial charge in [-0.05, 0) is 76.1 Å². The van der Waals surface area contributed by atoms with Crippen LogP contribution in [0.5, 0.6) is 0 Å². The molecule has 1 aliphatic rings. The normalized spacial score (nSPS) is 12.5. The Kier molecular flexibility index (Phi) is 6.21. The fourth-order valence-corrected chi connectivity index (χ4v) is 7.42. The largest absolute Gasteiger partial charge is 0.458 e. The molecule has 4 heteroatoms. The van der Waals surface area contributed by atoms with Gasteiger partial charge < -0.3 is 19.1 Å². The highest BCUT2D eigenvalue weighted by atomic mass is 16.3. The fourth-order valence-electron chi connectivity index (χ4n) is 7.42. The van der Waals surface area contributed by atoms with Crippen LogP contribution in [0.4, 0.5) is 17.1 Å². The van der Waals surface area contributed by atoms with Crippen LogP contribution in [0.3, 0.4) is 0 Å². The molecule has 0 saturated heterocycles. The summed E-state index contributed by atoms with van der Waals surface area (Å²) >= 11 is 0. The topological polar surface area (TPSA) is 41.6 Å². The highest BCUT2D eigenvalue weighted by Crippen LogP contribution is 2.44. The van der Waals surface area contributed by atoms with Gasteiger partial charge >= 0.3 is 0 Å². The lowest BCUT2D eigenvalue weighted by molar-refractivity contribution is 0.533. The number of rotatable bonds is 5. The van der Waals surface area contributed by atoms with E-state index in [1.165, 1.54) is 21.9 Å². The molecule has 49 heavy (non-hydrogen) atoms. The van der Waals surface area contributed by atoms with E-state index in [-0.39, 0.29) is 0 Å². The number of nitrogens with one attached hydrogen (secondary N) is 1. The molecule has 0 aliphatic carbocycles. The van der Waals surface area contributed by atoms with Crippen LogP contribution in [0.2, 0.25) is 0 Å². The van der Waals surface area contributed by atoms with Gasteiger partial charge in [0, 0.05) is 38.7 Å². The second-order valence-electron chi connectivity index (χ2n) is 12.5. The standard InChI is InChI=1S/C45H30N2O2/c1-2-10-34-29(8-1)9-5-12-35(34)30-18-22-32(23-19-30)47(41-16-7-15-40-37-11-3-4-17-42(37)48-45(40)41)33-24-20-31(21-25-33)36-13-6-14-39-38-26-27-46-28-43(38)49-44(36)39/h1-27,46H,28H2. The Morgan fingerprint density at radius 1 is 0.490 bits per heavy atom. The van der Waals surface area contributed by atoms with E-state index in [1.54, 1.807) is 0 Å². The Morgan fingerprint density at radius 2 is 1.12 bits per heavy atom. The number of furan rings is 2. The van der Waals surface area contributed by atoms with Gasteiger partial charge in [-0.1, -0.05) is 115 Å². The second kappa shape index (κ2) is 11.0. The summed E-state index contributed by atoms with van der Waals surface area (Å²) in [6.45, 7) is 0.695. The number of benzene rings is 7. The molecule has 0 unspecified atom stereocenters. The number of hydrogen-bond donors (Lipinski definition) is 1. The molecule has 1 aliphatic heterocycles. The molecule has 0 atom stereocenters. The molecule has 7 aromatic carbocycles. The van der Waals surface area contributed by atoms with E-state index < -0.39 is 0 Å². The lowest BCUT2D eigenvalue weighted by Gasteiger charge is -2.26. The average molecular weight is 631 g/mol. The molecular weight excluding hydrogens is 601 g/mol. The molecule has 3 heterocycles. The molecule has 0 fully saturated rings. The van der Waals surface area contributed by atoms with Crippen LogP contribution in [0.15, 0.2) is 167 Å². The molecule has 10 rings (SSSR count). The molecular formula is C45H30N2O2. The summed E-state index contributed by atoms with van der Waals surface area (Å²) < 4.78 is 13.0. The Morgan fingerprint density at radius 3 is 1.96 bits per heavy atom. The molecule has 0 amide bonds. The first-order valence-electron chi connectivity index (χ1n) is 16.6. The van der Waals surface area contributed by atoms with Gasteiger partial charge in [0.1, 0.15) is 16.9 Å². The minimum absolute atomic E-state index is 0.695. The number of fused-ring (bicyclic) bond motifs is 7. The molecule has 0 saturated carbocycles. The van der Waals surface area contributed by atoms with Crippen molar-refractivity contribution in [2.75, 3.05) is 4.90 Å². The van der Waals surface area contributed by atoms with E-state index in [1.807, 2.05) is 18.3 Å². The molecule has 1 N–H and O–H groups in total. The predicted molar refractivity (Wildman–Crippen MR) is 202 cm³/mol. The first-order chi connectivity index (χ1) is 24.3. The van der Waals surface area contributed by atoms with E-state index in [0.29, 0.717) is 6.54 Å². The third kappa shape index (κ3) is 4.45. The third-order valence-corrected chi connectivity index (χ3v) is 9.75. The Bertz CT molecular complexity index is 2710. The average Bonchev–Trinajstić information content (AvgIpc) is 3.75. The smallest absolute Gasteiger partial charge is 0.159 e. The van der Waals surface area contributed by atoms with Gasteiger partial charge in [0.25, 0.3) is 0 Å². The zero-order valence-electron chi connectivity index (χ0n) is 26.6. The summed E-state index contributed by atoms with van der Waals surface area (Å²) in [6.07, 6.45) is 4.09. The molecule has 2 aromatic heterocycles. The highest BCUT2D eigenvalue weighted by molar-refractivity contribution is 6.10. The molecule has 4 nitrogen and oxygen atoms in total. The summed E-state index contributed by atoms with van der Waals surface area (Å²) in [4.78, 5) is 2.30. The van der Waals surface area contributed by atoms with Crippen LogP contribution in [0, 0.1) is 0 Å². The molecule has 0 bridgehead atoms. The van der Waals surface area contributed by atoms with Crippen molar-refractivity contribution in [1.29, 1.82) is 0 Å². The van der Waals surface area contributed by atoms with Crippen molar-refractivity contribution in [2.45, 2.75) is 6.54 Å². The highest BCUT2D eigenvalue weighted by Gasteiger charge is 2.21. The van der Waals surface area contributed by atoms with E-state index in [9.17, 15) is 0 Å². The van der Waals surface area contributed by atoms with Gasteiger partial charge in [0.05, 0.1) is 12.2 Å².